The largest absolute Gasteiger partial charge is 0.397 e. The first-order chi connectivity index (χ1) is 8.47. The molecule has 0 saturated heterocycles. The number of nitrogen functional groups attached to an aromatic ring is 1. The molecule has 2 aromatic rings. The summed E-state index contributed by atoms with van der Waals surface area (Å²) in [6.45, 7) is 0. The molecular weight excluding hydrogens is 280 g/mol. The number of halogens is 3. The number of aromatic amines is 1. The second kappa shape index (κ2) is 4.88. The van der Waals surface area contributed by atoms with Gasteiger partial charge in [0.15, 0.2) is 5.82 Å². The van der Waals surface area contributed by atoms with Crippen LogP contribution in [0.5, 0.6) is 0 Å². The third kappa shape index (κ3) is 2.57. The number of benzene rings is 1. The molecule has 0 radical (unpaired) electrons. The summed E-state index contributed by atoms with van der Waals surface area (Å²) in [6.07, 6.45) is 1.49. The number of nitrogens with one attached hydrogen (secondary N) is 2. The zero-order valence-corrected chi connectivity index (χ0v) is 10.4. The van der Waals surface area contributed by atoms with Crippen molar-refractivity contribution in [3.05, 3.63) is 46.0 Å². The predicted octanol–water partition coefficient (Wildman–Crippen LogP) is 3.30. The van der Waals surface area contributed by atoms with Gasteiger partial charge in [-0.1, -0.05) is 23.2 Å². The Morgan fingerprint density at radius 2 is 1.89 bits per heavy atom. The molecule has 0 saturated carbocycles. The third-order valence-corrected chi connectivity index (χ3v) is 2.74. The van der Waals surface area contributed by atoms with E-state index in [-0.39, 0.29) is 15.7 Å². The van der Waals surface area contributed by atoms with Crippen LogP contribution in [0.15, 0.2) is 24.4 Å². The van der Waals surface area contributed by atoms with Crippen molar-refractivity contribution in [3.8, 4) is 0 Å². The van der Waals surface area contributed by atoms with Gasteiger partial charge in [-0.25, -0.2) is 4.39 Å². The number of hydrogen-bond donors (Lipinski definition) is 3. The molecule has 4 N–H and O–H groups in total. The van der Waals surface area contributed by atoms with Gasteiger partial charge in [-0.15, -0.1) is 0 Å². The van der Waals surface area contributed by atoms with Crippen molar-refractivity contribution in [2.75, 3.05) is 11.1 Å². The molecule has 0 atom stereocenters. The van der Waals surface area contributed by atoms with Crippen LogP contribution in [0.4, 0.5) is 15.8 Å². The lowest BCUT2D eigenvalue weighted by atomic mass is 10.3. The van der Waals surface area contributed by atoms with Gasteiger partial charge in [-0.2, -0.15) is 0 Å². The second-order valence-electron chi connectivity index (χ2n) is 3.55. The third-order valence-electron chi connectivity index (χ3n) is 2.19. The zero-order valence-electron chi connectivity index (χ0n) is 8.93. The van der Waals surface area contributed by atoms with Crippen LogP contribution in [0, 0.1) is 5.82 Å². The number of carbonyl (C=O) groups excluding carboxylic acids is 1. The Morgan fingerprint density at radius 1 is 1.28 bits per heavy atom. The molecule has 0 spiro atoms. The molecule has 0 unspecified atom stereocenters. The van der Waals surface area contributed by atoms with Gasteiger partial charge in [0.05, 0.1) is 10.0 Å². The summed E-state index contributed by atoms with van der Waals surface area (Å²) in [5, 5.41) is 2.19. The topological polar surface area (TPSA) is 70.9 Å². The van der Waals surface area contributed by atoms with Crippen molar-refractivity contribution < 1.29 is 9.18 Å². The second-order valence-corrected chi connectivity index (χ2v) is 4.37. The van der Waals surface area contributed by atoms with Gasteiger partial charge in [0.25, 0.3) is 5.91 Å². The van der Waals surface area contributed by atoms with Crippen LogP contribution in [-0.2, 0) is 0 Å². The molecular formula is C11H8Cl2FN3O. The van der Waals surface area contributed by atoms with Crippen molar-refractivity contribution in [2.45, 2.75) is 0 Å². The van der Waals surface area contributed by atoms with Gasteiger partial charge in [-0.3, -0.25) is 4.79 Å². The molecule has 1 heterocycles. The summed E-state index contributed by atoms with van der Waals surface area (Å²) in [7, 11) is 0. The molecule has 7 heteroatoms. The standard InChI is InChI=1S/C11H8Cl2FN3O/c12-7-2-6(3-8(13)10(7)14)17-11(18)9-1-5(15)4-16-9/h1-4,16H,15H2,(H,17,18). The minimum atomic E-state index is -0.722. The number of nitrogens with two attached hydrogens (primary N) is 1. The lowest BCUT2D eigenvalue weighted by Gasteiger charge is -2.06. The summed E-state index contributed by atoms with van der Waals surface area (Å²) in [5.41, 5.74) is 6.49. The maximum atomic E-state index is 13.2. The molecule has 18 heavy (non-hydrogen) atoms. The Hall–Kier alpha value is -1.72. The fourth-order valence-electron chi connectivity index (χ4n) is 1.37. The quantitative estimate of drug-likeness (QED) is 0.742. The van der Waals surface area contributed by atoms with Gasteiger partial charge >= 0.3 is 0 Å². The fraction of sp³-hybridized carbons (Fsp3) is 0. The lowest BCUT2D eigenvalue weighted by Crippen LogP contribution is -2.12. The summed E-state index contributed by atoms with van der Waals surface area (Å²) in [5.74, 6) is -1.15. The first-order valence-corrected chi connectivity index (χ1v) is 5.63. The number of H-pyrrole nitrogens is 1. The van der Waals surface area contributed by atoms with E-state index in [0.29, 0.717) is 11.4 Å². The Morgan fingerprint density at radius 3 is 2.39 bits per heavy atom. The van der Waals surface area contributed by atoms with E-state index < -0.39 is 11.7 Å². The first kappa shape index (κ1) is 12.7. The number of amides is 1. The zero-order chi connectivity index (χ0) is 13.3. The van der Waals surface area contributed by atoms with E-state index in [1.807, 2.05) is 0 Å². The molecule has 0 fully saturated rings. The molecule has 0 aliphatic rings. The average Bonchev–Trinajstić information content (AvgIpc) is 2.72. The van der Waals surface area contributed by atoms with Crippen molar-refractivity contribution in [1.82, 2.24) is 4.98 Å². The highest BCUT2D eigenvalue weighted by Crippen LogP contribution is 2.27. The number of hydrogen-bond acceptors (Lipinski definition) is 2. The molecule has 0 bridgehead atoms. The van der Waals surface area contributed by atoms with Crippen molar-refractivity contribution in [1.29, 1.82) is 0 Å². The minimum absolute atomic E-state index is 0.163. The van der Waals surface area contributed by atoms with Crippen LogP contribution in [0.1, 0.15) is 10.5 Å². The predicted molar refractivity (Wildman–Crippen MR) is 69.6 cm³/mol. The first-order valence-electron chi connectivity index (χ1n) is 4.87. The Kier molecular flexibility index (Phi) is 3.45. The minimum Gasteiger partial charge on any atom is -0.397 e. The Labute approximate surface area is 112 Å². The summed E-state index contributed by atoms with van der Waals surface area (Å²) in [6, 6.07) is 4.02. The van der Waals surface area contributed by atoms with E-state index in [1.165, 1.54) is 24.4 Å². The van der Waals surface area contributed by atoms with Crippen LogP contribution in [0.3, 0.4) is 0 Å². The van der Waals surface area contributed by atoms with Crippen LogP contribution < -0.4 is 11.1 Å². The number of anilines is 2. The van der Waals surface area contributed by atoms with Crippen molar-refractivity contribution in [3.63, 3.8) is 0 Å². The van der Waals surface area contributed by atoms with E-state index in [4.69, 9.17) is 28.9 Å². The van der Waals surface area contributed by atoms with Crippen LogP contribution in [-0.4, -0.2) is 10.9 Å². The Balaban J connectivity index is 2.22. The van der Waals surface area contributed by atoms with E-state index in [9.17, 15) is 9.18 Å². The maximum absolute atomic E-state index is 13.2. The number of rotatable bonds is 2. The molecule has 1 amide bonds. The lowest BCUT2D eigenvalue weighted by molar-refractivity contribution is 0.102. The fourth-order valence-corrected chi connectivity index (χ4v) is 1.86. The maximum Gasteiger partial charge on any atom is 0.272 e. The van der Waals surface area contributed by atoms with Crippen LogP contribution in [0.2, 0.25) is 10.0 Å². The van der Waals surface area contributed by atoms with Gasteiger partial charge in [-0.05, 0) is 18.2 Å². The molecule has 1 aromatic heterocycles. The SMILES string of the molecule is Nc1c[nH]c(C(=O)Nc2cc(Cl)c(F)c(Cl)c2)c1. The molecule has 94 valence electrons. The normalized spacial score (nSPS) is 10.4. The summed E-state index contributed by atoms with van der Waals surface area (Å²) < 4.78 is 13.2. The van der Waals surface area contributed by atoms with Crippen molar-refractivity contribution in [2.24, 2.45) is 0 Å². The monoisotopic (exact) mass is 287 g/mol. The number of aromatic nitrogens is 1. The van der Waals surface area contributed by atoms with Crippen LogP contribution in [0.25, 0.3) is 0 Å². The average molecular weight is 288 g/mol. The molecule has 2 rings (SSSR count). The smallest absolute Gasteiger partial charge is 0.272 e. The van der Waals surface area contributed by atoms with E-state index in [1.54, 1.807) is 0 Å². The molecule has 1 aromatic carbocycles. The highest BCUT2D eigenvalue weighted by Gasteiger charge is 2.12. The van der Waals surface area contributed by atoms with Gasteiger partial charge < -0.3 is 16.0 Å². The van der Waals surface area contributed by atoms with E-state index >= 15 is 0 Å². The van der Waals surface area contributed by atoms with Gasteiger partial charge in [0.2, 0.25) is 0 Å². The van der Waals surface area contributed by atoms with E-state index in [0.717, 1.165) is 0 Å². The number of carbonyl (C=O) groups is 1. The van der Waals surface area contributed by atoms with E-state index in [2.05, 4.69) is 10.3 Å². The highest BCUT2D eigenvalue weighted by atomic mass is 35.5. The van der Waals surface area contributed by atoms with Gasteiger partial charge in [0.1, 0.15) is 5.69 Å². The summed E-state index contributed by atoms with van der Waals surface area (Å²) >= 11 is 11.2. The highest BCUT2D eigenvalue weighted by molar-refractivity contribution is 6.35. The molecule has 0 aliphatic heterocycles. The van der Waals surface area contributed by atoms with Crippen LogP contribution >= 0.6 is 23.2 Å². The summed E-state index contributed by atoms with van der Waals surface area (Å²) in [4.78, 5) is 14.4. The van der Waals surface area contributed by atoms with Crippen molar-refractivity contribution >= 4 is 40.5 Å². The Bertz CT molecular complexity index is 589. The van der Waals surface area contributed by atoms with Gasteiger partial charge in [0, 0.05) is 17.6 Å². The molecule has 4 nitrogen and oxygen atoms in total. The molecule has 0 aliphatic carbocycles.